The number of aliphatic carboxylic acids is 2. The molecular weight excluding hydrogens is 466 g/mol. The van der Waals surface area contributed by atoms with E-state index in [0.29, 0.717) is 5.56 Å². The van der Waals surface area contributed by atoms with Gasteiger partial charge in [-0.1, -0.05) is 18.2 Å². The van der Waals surface area contributed by atoms with E-state index < -0.39 is 73.5 Å². The van der Waals surface area contributed by atoms with Crippen LogP contribution in [0.5, 0.6) is 0 Å². The van der Waals surface area contributed by atoms with E-state index in [2.05, 4.69) is 15.6 Å². The van der Waals surface area contributed by atoms with Gasteiger partial charge in [0, 0.05) is 23.5 Å². The molecule has 1 aromatic carbocycles. The van der Waals surface area contributed by atoms with Crippen molar-refractivity contribution in [2.24, 2.45) is 5.73 Å². The Bertz CT molecular complexity index is 1090. The first-order valence-corrected chi connectivity index (χ1v) is 10.4. The molecule has 4 unspecified atom stereocenters. The molecule has 14 heteroatoms. The highest BCUT2D eigenvalue weighted by atomic mass is 16.4. The van der Waals surface area contributed by atoms with Crippen molar-refractivity contribution in [3.63, 3.8) is 0 Å². The number of carboxylic acid groups (broad SMARTS) is 2. The number of benzene rings is 1. The average molecular weight is 493 g/mol. The Morgan fingerprint density at radius 3 is 2.06 bits per heavy atom. The van der Waals surface area contributed by atoms with E-state index in [4.69, 9.17) is 15.9 Å². The molecule has 1 aromatic heterocycles. The first-order chi connectivity index (χ1) is 16.6. The van der Waals surface area contributed by atoms with E-state index in [1.165, 1.54) is 0 Å². The Hall–Kier alpha value is -4.01. The molecule has 35 heavy (non-hydrogen) atoms. The third kappa shape index (κ3) is 7.49. The lowest BCUT2D eigenvalue weighted by Crippen LogP contribution is -2.58. The molecular formula is C21H27N5O9. The molecule has 0 aliphatic rings. The van der Waals surface area contributed by atoms with Crippen molar-refractivity contribution in [3.8, 4) is 0 Å². The lowest BCUT2D eigenvalue weighted by atomic mass is 10.0. The minimum Gasteiger partial charge on any atom is -0.481 e. The fourth-order valence-corrected chi connectivity index (χ4v) is 3.20. The molecule has 10 N–H and O–H groups in total. The molecule has 0 saturated carbocycles. The number of rotatable bonds is 13. The zero-order chi connectivity index (χ0) is 26.1. The van der Waals surface area contributed by atoms with Crippen LogP contribution in [-0.2, 0) is 30.4 Å². The van der Waals surface area contributed by atoms with Crippen LogP contribution in [0.1, 0.15) is 12.0 Å². The summed E-state index contributed by atoms with van der Waals surface area (Å²) in [5, 5.41) is 44.2. The van der Waals surface area contributed by atoms with Gasteiger partial charge in [-0.15, -0.1) is 0 Å². The van der Waals surface area contributed by atoms with Crippen molar-refractivity contribution in [2.75, 3.05) is 13.2 Å². The van der Waals surface area contributed by atoms with Crippen LogP contribution < -0.4 is 21.7 Å². The van der Waals surface area contributed by atoms with E-state index in [-0.39, 0.29) is 6.42 Å². The maximum absolute atomic E-state index is 12.6. The smallest absolute Gasteiger partial charge is 0.326 e. The Morgan fingerprint density at radius 1 is 0.857 bits per heavy atom. The number of nitrogens with two attached hydrogens (primary N) is 1. The summed E-state index contributed by atoms with van der Waals surface area (Å²) in [6, 6.07) is 0.980. The molecule has 0 aliphatic heterocycles. The van der Waals surface area contributed by atoms with Crippen molar-refractivity contribution < 1.29 is 44.4 Å². The predicted octanol–water partition coefficient (Wildman–Crippen LogP) is -2.96. The second-order valence-corrected chi connectivity index (χ2v) is 7.65. The number of aliphatic hydroxyl groups excluding tert-OH is 2. The molecule has 0 bridgehead atoms. The predicted molar refractivity (Wildman–Crippen MR) is 120 cm³/mol. The van der Waals surface area contributed by atoms with Crippen molar-refractivity contribution in [1.29, 1.82) is 0 Å². The molecule has 2 aromatic rings. The Morgan fingerprint density at radius 2 is 1.46 bits per heavy atom. The first kappa shape index (κ1) is 27.2. The Kier molecular flexibility index (Phi) is 9.69. The topological polar surface area (TPSA) is 244 Å². The highest BCUT2D eigenvalue weighted by Gasteiger charge is 2.31. The number of para-hydroxylation sites is 1. The van der Waals surface area contributed by atoms with Gasteiger partial charge >= 0.3 is 11.9 Å². The number of aliphatic hydroxyl groups is 2. The number of amides is 3. The standard InChI is InChI=1S/C21H27N5O9/c22-12(8-27)18(31)24-14(6-17(29)30)19(32)26-16(9-28)20(33)25-15(21(34)35)5-10-7-23-13-4-2-1-3-11(10)13/h1-4,7,12,14-16,23,27-28H,5-6,8-9,22H2,(H,24,31)(H,25,33)(H,26,32)(H,29,30)(H,34,35). The normalized spacial score (nSPS) is 14.4. The third-order valence-corrected chi connectivity index (χ3v) is 5.07. The maximum Gasteiger partial charge on any atom is 0.326 e. The average Bonchev–Trinajstić information content (AvgIpc) is 3.23. The summed E-state index contributed by atoms with van der Waals surface area (Å²) in [6.45, 7) is -1.71. The molecule has 3 amide bonds. The van der Waals surface area contributed by atoms with Gasteiger partial charge < -0.3 is 47.1 Å². The molecule has 4 atom stereocenters. The first-order valence-electron chi connectivity index (χ1n) is 10.4. The number of fused-ring (bicyclic) bond motifs is 1. The number of carboxylic acids is 2. The van der Waals surface area contributed by atoms with Crippen molar-refractivity contribution >= 4 is 40.6 Å². The molecule has 1 heterocycles. The van der Waals surface area contributed by atoms with Gasteiger partial charge in [0.05, 0.1) is 19.6 Å². The van der Waals surface area contributed by atoms with Gasteiger partial charge in [0.25, 0.3) is 0 Å². The van der Waals surface area contributed by atoms with Gasteiger partial charge in [0.2, 0.25) is 17.7 Å². The Balaban J connectivity index is 2.10. The number of aromatic amines is 1. The molecule has 0 spiro atoms. The van der Waals surface area contributed by atoms with Gasteiger partial charge in [0.1, 0.15) is 24.2 Å². The third-order valence-electron chi connectivity index (χ3n) is 5.07. The zero-order valence-corrected chi connectivity index (χ0v) is 18.4. The van der Waals surface area contributed by atoms with E-state index in [1.807, 2.05) is 5.32 Å². The fourth-order valence-electron chi connectivity index (χ4n) is 3.20. The summed E-state index contributed by atoms with van der Waals surface area (Å²) in [5.74, 6) is -6.01. The van der Waals surface area contributed by atoms with Crippen LogP contribution in [0.15, 0.2) is 30.5 Å². The van der Waals surface area contributed by atoms with Gasteiger partial charge in [-0.2, -0.15) is 0 Å². The van der Waals surface area contributed by atoms with Gasteiger partial charge in [-0.3, -0.25) is 19.2 Å². The molecule has 190 valence electrons. The number of aromatic nitrogens is 1. The van der Waals surface area contributed by atoms with Crippen LogP contribution in [0.2, 0.25) is 0 Å². The van der Waals surface area contributed by atoms with Crippen LogP contribution >= 0.6 is 0 Å². The van der Waals surface area contributed by atoms with Crippen LogP contribution in [0.4, 0.5) is 0 Å². The minimum absolute atomic E-state index is 0.103. The lowest BCUT2D eigenvalue weighted by Gasteiger charge is -2.23. The summed E-state index contributed by atoms with van der Waals surface area (Å²) < 4.78 is 0. The molecule has 14 nitrogen and oxygen atoms in total. The number of carbonyl (C=O) groups excluding carboxylic acids is 3. The summed E-state index contributed by atoms with van der Waals surface area (Å²) in [4.78, 5) is 62.8. The monoisotopic (exact) mass is 493 g/mol. The molecule has 0 saturated heterocycles. The van der Waals surface area contributed by atoms with Gasteiger partial charge in [-0.25, -0.2) is 4.79 Å². The van der Waals surface area contributed by atoms with Crippen LogP contribution in [-0.4, -0.2) is 92.5 Å². The fraction of sp³-hybridized carbons (Fsp3) is 0.381. The number of H-pyrrole nitrogens is 1. The highest BCUT2D eigenvalue weighted by molar-refractivity contribution is 5.96. The van der Waals surface area contributed by atoms with Gasteiger partial charge in [-0.05, 0) is 11.6 Å². The summed E-state index contributed by atoms with van der Waals surface area (Å²) in [6.07, 6.45) is 0.621. The molecule has 0 radical (unpaired) electrons. The van der Waals surface area contributed by atoms with Crippen LogP contribution in [0, 0.1) is 0 Å². The lowest BCUT2D eigenvalue weighted by molar-refractivity contribution is -0.143. The summed E-state index contributed by atoms with van der Waals surface area (Å²) in [7, 11) is 0. The van der Waals surface area contributed by atoms with E-state index in [9.17, 15) is 34.2 Å². The second-order valence-electron chi connectivity index (χ2n) is 7.65. The van der Waals surface area contributed by atoms with Crippen molar-refractivity contribution in [3.05, 3.63) is 36.0 Å². The van der Waals surface area contributed by atoms with Crippen molar-refractivity contribution in [2.45, 2.75) is 37.0 Å². The van der Waals surface area contributed by atoms with E-state index in [1.54, 1.807) is 30.5 Å². The van der Waals surface area contributed by atoms with E-state index >= 15 is 0 Å². The van der Waals surface area contributed by atoms with Crippen LogP contribution in [0.3, 0.4) is 0 Å². The van der Waals surface area contributed by atoms with Crippen molar-refractivity contribution in [1.82, 2.24) is 20.9 Å². The quantitative estimate of drug-likeness (QED) is 0.137. The molecule has 0 aliphatic carbocycles. The SMILES string of the molecule is NC(CO)C(=O)NC(CC(=O)O)C(=O)NC(CO)C(=O)NC(Cc1c[nH]c2ccccc12)C(=O)O. The van der Waals surface area contributed by atoms with Gasteiger partial charge in [0.15, 0.2) is 0 Å². The number of hydrogen-bond acceptors (Lipinski definition) is 8. The minimum atomic E-state index is -1.68. The highest BCUT2D eigenvalue weighted by Crippen LogP contribution is 2.19. The van der Waals surface area contributed by atoms with Crippen LogP contribution in [0.25, 0.3) is 10.9 Å². The number of hydrogen-bond donors (Lipinski definition) is 9. The summed E-state index contributed by atoms with van der Waals surface area (Å²) in [5.41, 5.74) is 6.72. The second kappa shape index (κ2) is 12.5. The molecule has 0 fully saturated rings. The maximum atomic E-state index is 12.6. The number of carbonyl (C=O) groups is 5. The largest absolute Gasteiger partial charge is 0.481 e. The summed E-state index contributed by atoms with van der Waals surface area (Å²) >= 11 is 0. The zero-order valence-electron chi connectivity index (χ0n) is 18.4. The Labute approximate surface area is 198 Å². The number of nitrogens with one attached hydrogen (secondary N) is 4. The van der Waals surface area contributed by atoms with E-state index in [0.717, 1.165) is 10.9 Å². The molecule has 2 rings (SSSR count).